The second kappa shape index (κ2) is 7.73. The van der Waals surface area contributed by atoms with Crippen LogP contribution in [0.3, 0.4) is 0 Å². The molecule has 2 aromatic heterocycles. The van der Waals surface area contributed by atoms with Crippen LogP contribution in [-0.2, 0) is 5.41 Å². The summed E-state index contributed by atoms with van der Waals surface area (Å²) in [5, 5.41) is 14.7. The van der Waals surface area contributed by atoms with Gasteiger partial charge in [0, 0.05) is 26.6 Å². The van der Waals surface area contributed by atoms with Crippen LogP contribution < -0.4 is 0 Å². The Morgan fingerprint density at radius 2 is 1.60 bits per heavy atom. The SMILES string of the molecule is [CH2]c1c(-c2nnc(C(C)(C)C)o2)nn(-c2ccc(Cl)cc2Cl)c1-c1ccc(Cl)cc1. The first-order valence-corrected chi connectivity index (χ1v) is 10.3. The number of nitrogens with zero attached hydrogens (tertiary/aromatic N) is 4. The Bertz CT molecular complexity index is 1220. The Morgan fingerprint density at radius 3 is 2.20 bits per heavy atom. The molecule has 0 fully saturated rings. The molecule has 0 aliphatic carbocycles. The lowest BCUT2D eigenvalue weighted by Crippen LogP contribution is -2.11. The van der Waals surface area contributed by atoms with Gasteiger partial charge in [-0.25, -0.2) is 4.68 Å². The van der Waals surface area contributed by atoms with Crippen LogP contribution in [0.5, 0.6) is 0 Å². The molecule has 4 aromatic rings. The average Bonchev–Trinajstić information content (AvgIpc) is 3.28. The predicted octanol–water partition coefficient (Wildman–Crippen LogP) is 7.03. The van der Waals surface area contributed by atoms with Crippen LogP contribution >= 0.6 is 34.8 Å². The lowest BCUT2D eigenvalue weighted by molar-refractivity contribution is 0.398. The minimum absolute atomic E-state index is 0.284. The lowest BCUT2D eigenvalue weighted by Gasteiger charge is -2.11. The normalized spacial score (nSPS) is 11.8. The largest absolute Gasteiger partial charge is 0.419 e. The molecule has 0 spiro atoms. The van der Waals surface area contributed by atoms with E-state index in [0.29, 0.717) is 43.8 Å². The maximum atomic E-state index is 6.48. The molecular formula is C22H18Cl3N4O. The van der Waals surface area contributed by atoms with Gasteiger partial charge >= 0.3 is 0 Å². The molecule has 8 heteroatoms. The Hall–Kier alpha value is -2.34. The molecule has 0 unspecified atom stereocenters. The molecule has 0 aliphatic heterocycles. The highest BCUT2D eigenvalue weighted by Crippen LogP contribution is 2.36. The third kappa shape index (κ3) is 3.85. The van der Waals surface area contributed by atoms with E-state index in [4.69, 9.17) is 44.3 Å². The van der Waals surface area contributed by atoms with Crippen molar-refractivity contribution in [3.63, 3.8) is 0 Å². The standard InChI is InChI=1S/C22H18Cl3N4O/c1-12-18(20-26-27-21(30-20)22(2,3)4)28-29(17-10-9-15(24)11-16(17)25)19(12)13-5-7-14(23)8-6-13/h5-11H,1H2,2-4H3. The average molecular weight is 461 g/mol. The van der Waals surface area contributed by atoms with Crippen molar-refractivity contribution in [3.8, 4) is 28.5 Å². The summed E-state index contributed by atoms with van der Waals surface area (Å²) in [4.78, 5) is 0. The van der Waals surface area contributed by atoms with Gasteiger partial charge in [0.1, 0.15) is 0 Å². The van der Waals surface area contributed by atoms with E-state index in [9.17, 15) is 0 Å². The highest BCUT2D eigenvalue weighted by molar-refractivity contribution is 6.35. The van der Waals surface area contributed by atoms with E-state index in [1.54, 1.807) is 35.0 Å². The van der Waals surface area contributed by atoms with Crippen LogP contribution in [0.15, 0.2) is 46.9 Å². The van der Waals surface area contributed by atoms with E-state index >= 15 is 0 Å². The predicted molar refractivity (Wildman–Crippen MR) is 120 cm³/mol. The van der Waals surface area contributed by atoms with Crippen molar-refractivity contribution in [1.82, 2.24) is 20.0 Å². The summed E-state index contributed by atoms with van der Waals surface area (Å²) in [7, 11) is 0. The molecule has 153 valence electrons. The topological polar surface area (TPSA) is 56.7 Å². The summed E-state index contributed by atoms with van der Waals surface area (Å²) in [6.07, 6.45) is 0. The van der Waals surface area contributed by atoms with E-state index in [1.165, 1.54) is 0 Å². The van der Waals surface area contributed by atoms with Crippen molar-refractivity contribution < 1.29 is 4.42 Å². The van der Waals surface area contributed by atoms with Crippen molar-refractivity contribution in [2.24, 2.45) is 0 Å². The molecule has 0 aliphatic rings. The van der Waals surface area contributed by atoms with Crippen LogP contribution in [0.4, 0.5) is 0 Å². The molecule has 0 saturated heterocycles. The quantitative estimate of drug-likeness (QED) is 0.329. The van der Waals surface area contributed by atoms with E-state index in [-0.39, 0.29) is 5.41 Å². The Labute approximate surface area is 189 Å². The molecule has 30 heavy (non-hydrogen) atoms. The highest BCUT2D eigenvalue weighted by Gasteiger charge is 2.26. The van der Waals surface area contributed by atoms with Gasteiger partial charge in [-0.05, 0) is 37.3 Å². The van der Waals surface area contributed by atoms with E-state index in [2.05, 4.69) is 17.1 Å². The second-order valence-electron chi connectivity index (χ2n) is 7.85. The summed E-state index contributed by atoms with van der Waals surface area (Å²) in [5.41, 5.74) is 3.08. The van der Waals surface area contributed by atoms with E-state index < -0.39 is 0 Å². The first-order chi connectivity index (χ1) is 14.1. The number of rotatable bonds is 3. The monoisotopic (exact) mass is 459 g/mol. The molecule has 0 N–H and O–H groups in total. The van der Waals surface area contributed by atoms with E-state index in [0.717, 1.165) is 11.3 Å². The summed E-state index contributed by atoms with van der Waals surface area (Å²) < 4.78 is 7.62. The first kappa shape index (κ1) is 20.9. The van der Waals surface area contributed by atoms with Gasteiger partial charge in [0.05, 0.1) is 16.4 Å². The molecule has 0 atom stereocenters. The van der Waals surface area contributed by atoms with Gasteiger partial charge < -0.3 is 4.42 Å². The number of benzene rings is 2. The third-order valence-corrected chi connectivity index (χ3v) is 5.30. The lowest BCUT2D eigenvalue weighted by atomic mass is 9.97. The van der Waals surface area contributed by atoms with Crippen LogP contribution in [0.2, 0.25) is 15.1 Å². The number of hydrogen-bond acceptors (Lipinski definition) is 4. The summed E-state index contributed by atoms with van der Waals surface area (Å²) in [6.45, 7) is 10.2. The van der Waals surface area contributed by atoms with Crippen molar-refractivity contribution in [2.75, 3.05) is 0 Å². The molecule has 2 heterocycles. The molecule has 5 nitrogen and oxygen atoms in total. The fourth-order valence-corrected chi connectivity index (χ4v) is 3.59. The van der Waals surface area contributed by atoms with Crippen LogP contribution in [-0.4, -0.2) is 20.0 Å². The van der Waals surface area contributed by atoms with Gasteiger partial charge in [0.25, 0.3) is 5.89 Å². The van der Waals surface area contributed by atoms with E-state index in [1.807, 2.05) is 32.9 Å². The third-order valence-electron chi connectivity index (χ3n) is 4.51. The molecule has 0 amide bonds. The van der Waals surface area contributed by atoms with Crippen LogP contribution in [0, 0.1) is 6.92 Å². The minimum Gasteiger partial charge on any atom is -0.419 e. The van der Waals surface area contributed by atoms with Crippen molar-refractivity contribution in [3.05, 3.63) is 75.9 Å². The number of aromatic nitrogens is 4. The van der Waals surface area contributed by atoms with Gasteiger partial charge in [0.2, 0.25) is 5.89 Å². The van der Waals surface area contributed by atoms with Gasteiger partial charge in [-0.2, -0.15) is 5.10 Å². The van der Waals surface area contributed by atoms with Gasteiger partial charge in [0.15, 0.2) is 5.69 Å². The minimum atomic E-state index is -0.284. The Balaban J connectivity index is 1.95. The Morgan fingerprint density at radius 1 is 0.933 bits per heavy atom. The second-order valence-corrected chi connectivity index (χ2v) is 9.13. The van der Waals surface area contributed by atoms with Crippen molar-refractivity contribution >= 4 is 34.8 Å². The number of halogens is 3. The molecule has 0 saturated carbocycles. The smallest absolute Gasteiger partial charge is 0.268 e. The maximum absolute atomic E-state index is 6.48. The zero-order valence-electron chi connectivity index (χ0n) is 16.6. The fraction of sp³-hybridized carbons (Fsp3) is 0.182. The molecular weight excluding hydrogens is 443 g/mol. The fourth-order valence-electron chi connectivity index (χ4n) is 2.98. The Kier molecular flexibility index (Phi) is 5.39. The summed E-state index contributed by atoms with van der Waals surface area (Å²) >= 11 is 18.6. The maximum Gasteiger partial charge on any atom is 0.268 e. The number of hydrogen-bond donors (Lipinski definition) is 0. The van der Waals surface area contributed by atoms with Gasteiger partial charge in [-0.15, -0.1) is 10.2 Å². The zero-order valence-corrected chi connectivity index (χ0v) is 18.8. The molecule has 2 aromatic carbocycles. The summed E-state index contributed by atoms with van der Waals surface area (Å²) in [6, 6.07) is 12.6. The van der Waals surface area contributed by atoms with Crippen molar-refractivity contribution in [2.45, 2.75) is 26.2 Å². The van der Waals surface area contributed by atoms with Gasteiger partial charge in [-0.3, -0.25) is 0 Å². The highest BCUT2D eigenvalue weighted by atomic mass is 35.5. The van der Waals surface area contributed by atoms with Crippen LogP contribution in [0.1, 0.15) is 32.2 Å². The molecule has 0 bridgehead atoms. The molecule has 1 radical (unpaired) electrons. The first-order valence-electron chi connectivity index (χ1n) is 9.16. The summed E-state index contributed by atoms with van der Waals surface area (Å²) in [5.74, 6) is 0.813. The van der Waals surface area contributed by atoms with Crippen LogP contribution in [0.25, 0.3) is 28.5 Å². The zero-order chi connectivity index (χ0) is 21.6. The van der Waals surface area contributed by atoms with Gasteiger partial charge in [-0.1, -0.05) is 67.7 Å². The van der Waals surface area contributed by atoms with Crippen molar-refractivity contribution in [1.29, 1.82) is 0 Å². The molecule has 4 rings (SSSR count).